The Balaban J connectivity index is 2.29. The molecule has 2 N–H and O–H groups in total. The van der Waals surface area contributed by atoms with Crippen LogP contribution >= 0.6 is 0 Å². The summed E-state index contributed by atoms with van der Waals surface area (Å²) in [5.74, 6) is -2.89. The van der Waals surface area contributed by atoms with Gasteiger partial charge in [0.15, 0.2) is 11.5 Å². The number of ether oxygens (including phenoxy) is 3. The quantitative estimate of drug-likeness (QED) is 0.739. The lowest BCUT2D eigenvalue weighted by atomic mass is 10.0. The normalized spacial score (nSPS) is 21.5. The van der Waals surface area contributed by atoms with Gasteiger partial charge in [-0.15, -0.1) is 0 Å². The smallest absolute Gasteiger partial charge is 0.358 e. The monoisotopic (exact) mass is 393 g/mol. The van der Waals surface area contributed by atoms with Crippen molar-refractivity contribution < 1.29 is 38.4 Å². The lowest BCUT2D eigenvalue weighted by Crippen LogP contribution is -2.24. The summed E-state index contributed by atoms with van der Waals surface area (Å²) in [6, 6.07) is 8.22. The van der Waals surface area contributed by atoms with Crippen molar-refractivity contribution in [1.82, 2.24) is 4.57 Å². The maximum absolute atomic E-state index is 15.4. The van der Waals surface area contributed by atoms with E-state index < -0.39 is 48.4 Å². The lowest BCUT2D eigenvalue weighted by Gasteiger charge is -2.14. The molecule has 1 aromatic heterocycles. The predicted octanol–water partition coefficient (Wildman–Crippen LogP) is 1.37. The highest BCUT2D eigenvalue weighted by Crippen LogP contribution is 2.40. The van der Waals surface area contributed by atoms with Crippen LogP contribution in [0, 0.1) is 5.82 Å². The van der Waals surface area contributed by atoms with Crippen molar-refractivity contribution in [1.29, 1.82) is 0 Å². The van der Waals surface area contributed by atoms with Crippen molar-refractivity contribution in [3.05, 3.63) is 53.1 Å². The van der Waals surface area contributed by atoms with Gasteiger partial charge < -0.3 is 24.4 Å². The summed E-state index contributed by atoms with van der Waals surface area (Å²) >= 11 is 0. The van der Waals surface area contributed by atoms with Gasteiger partial charge in [-0.3, -0.25) is 4.57 Å². The average Bonchev–Trinajstić information content (AvgIpc) is 3.24. The number of hydrogen-bond donors (Lipinski definition) is 2. The van der Waals surface area contributed by atoms with Crippen LogP contribution < -0.4 is 0 Å². The van der Waals surface area contributed by atoms with Gasteiger partial charge in [0.1, 0.15) is 11.8 Å². The van der Waals surface area contributed by atoms with Crippen LogP contribution in [0.15, 0.2) is 30.3 Å². The largest absolute Gasteiger partial charge is 0.464 e. The van der Waals surface area contributed by atoms with E-state index in [1.807, 2.05) is 0 Å². The number of aliphatic hydroxyl groups excluding tert-OH is 2. The highest BCUT2D eigenvalue weighted by atomic mass is 19.1. The SMILES string of the molecule is COC(=O)c1c(F)c(C2CC(O)C(CO)O2)c(C(=O)OC)n1-c1ccccc1. The van der Waals surface area contributed by atoms with E-state index in [0.29, 0.717) is 5.69 Å². The van der Waals surface area contributed by atoms with Gasteiger partial charge >= 0.3 is 11.9 Å². The molecule has 3 rings (SSSR count). The molecule has 9 heteroatoms. The molecule has 1 aliphatic rings. The maximum Gasteiger partial charge on any atom is 0.358 e. The van der Waals surface area contributed by atoms with Gasteiger partial charge in [-0.2, -0.15) is 0 Å². The molecule has 3 atom stereocenters. The zero-order valence-electron chi connectivity index (χ0n) is 15.3. The second-order valence-corrected chi connectivity index (χ2v) is 6.23. The van der Waals surface area contributed by atoms with Gasteiger partial charge in [-0.25, -0.2) is 14.0 Å². The van der Waals surface area contributed by atoms with Gasteiger partial charge in [0.25, 0.3) is 0 Å². The molecule has 2 aromatic rings. The molecule has 0 radical (unpaired) electrons. The summed E-state index contributed by atoms with van der Waals surface area (Å²) < 4.78 is 31.6. The highest BCUT2D eigenvalue weighted by molar-refractivity contribution is 5.96. The first-order valence-electron chi connectivity index (χ1n) is 8.55. The molecule has 150 valence electrons. The first-order chi connectivity index (χ1) is 13.4. The fourth-order valence-electron chi connectivity index (χ4n) is 3.35. The Morgan fingerprint density at radius 3 is 2.32 bits per heavy atom. The molecular weight excluding hydrogens is 373 g/mol. The van der Waals surface area contributed by atoms with Crippen LogP contribution in [0.2, 0.25) is 0 Å². The van der Waals surface area contributed by atoms with Crippen LogP contribution in [-0.2, 0) is 14.2 Å². The fraction of sp³-hybridized carbons (Fsp3) is 0.368. The highest BCUT2D eigenvalue weighted by Gasteiger charge is 2.42. The molecule has 0 aliphatic carbocycles. The summed E-state index contributed by atoms with van der Waals surface area (Å²) in [6.07, 6.45) is -3.11. The number of esters is 2. The number of hydrogen-bond acceptors (Lipinski definition) is 7. The van der Waals surface area contributed by atoms with Gasteiger partial charge in [-0.1, -0.05) is 18.2 Å². The van der Waals surface area contributed by atoms with Crippen LogP contribution in [0.1, 0.15) is 39.1 Å². The summed E-state index contributed by atoms with van der Waals surface area (Å²) in [5, 5.41) is 19.3. The van der Waals surface area contributed by atoms with Crippen molar-refractivity contribution >= 4 is 11.9 Å². The molecule has 0 bridgehead atoms. The van der Waals surface area contributed by atoms with Crippen LogP contribution in [0.5, 0.6) is 0 Å². The Morgan fingerprint density at radius 2 is 1.79 bits per heavy atom. The topological polar surface area (TPSA) is 107 Å². The molecule has 1 saturated heterocycles. The summed E-state index contributed by atoms with van der Waals surface area (Å²) in [5.41, 5.74) is -0.631. The van der Waals surface area contributed by atoms with E-state index in [2.05, 4.69) is 0 Å². The number of aliphatic hydroxyl groups is 2. The first-order valence-corrected chi connectivity index (χ1v) is 8.55. The average molecular weight is 393 g/mol. The molecule has 1 aliphatic heterocycles. The van der Waals surface area contributed by atoms with E-state index in [0.717, 1.165) is 18.8 Å². The number of carbonyl (C=O) groups is 2. The maximum atomic E-state index is 15.4. The molecule has 0 spiro atoms. The minimum atomic E-state index is -1.06. The summed E-state index contributed by atoms with van der Waals surface area (Å²) in [4.78, 5) is 24.9. The van der Waals surface area contributed by atoms with Crippen LogP contribution in [0.25, 0.3) is 5.69 Å². The molecule has 28 heavy (non-hydrogen) atoms. The van der Waals surface area contributed by atoms with E-state index in [1.54, 1.807) is 30.3 Å². The predicted molar refractivity (Wildman–Crippen MR) is 93.7 cm³/mol. The number of benzene rings is 1. The fourth-order valence-corrected chi connectivity index (χ4v) is 3.35. The van der Waals surface area contributed by atoms with Crippen molar-refractivity contribution in [2.75, 3.05) is 20.8 Å². The van der Waals surface area contributed by atoms with Crippen molar-refractivity contribution in [2.45, 2.75) is 24.7 Å². The Kier molecular flexibility index (Phi) is 5.78. The van der Waals surface area contributed by atoms with E-state index in [1.165, 1.54) is 0 Å². The minimum absolute atomic E-state index is 0.0639. The van der Waals surface area contributed by atoms with Crippen molar-refractivity contribution in [3.63, 3.8) is 0 Å². The van der Waals surface area contributed by atoms with E-state index in [4.69, 9.17) is 14.2 Å². The molecule has 8 nitrogen and oxygen atoms in total. The molecule has 2 heterocycles. The van der Waals surface area contributed by atoms with Crippen LogP contribution in [0.4, 0.5) is 4.39 Å². The van der Waals surface area contributed by atoms with Crippen LogP contribution in [-0.4, -0.2) is 59.8 Å². The second kappa shape index (κ2) is 8.09. The van der Waals surface area contributed by atoms with Gasteiger partial charge in [0, 0.05) is 12.1 Å². The number of carbonyl (C=O) groups excluding carboxylic acids is 2. The van der Waals surface area contributed by atoms with E-state index >= 15 is 4.39 Å². The van der Waals surface area contributed by atoms with Gasteiger partial charge in [0.2, 0.25) is 0 Å². The Labute approximate surface area is 160 Å². The third-order valence-electron chi connectivity index (χ3n) is 4.64. The van der Waals surface area contributed by atoms with Gasteiger partial charge in [0.05, 0.1) is 38.6 Å². The van der Waals surface area contributed by atoms with Gasteiger partial charge in [-0.05, 0) is 12.1 Å². The molecule has 0 amide bonds. The Morgan fingerprint density at radius 1 is 1.18 bits per heavy atom. The number of para-hydroxylation sites is 1. The third-order valence-corrected chi connectivity index (χ3v) is 4.64. The van der Waals surface area contributed by atoms with E-state index in [-0.39, 0.29) is 17.7 Å². The molecule has 3 unspecified atom stereocenters. The zero-order chi connectivity index (χ0) is 20.4. The minimum Gasteiger partial charge on any atom is -0.464 e. The number of methoxy groups -OCH3 is 2. The molecule has 1 fully saturated rings. The van der Waals surface area contributed by atoms with E-state index in [9.17, 15) is 19.8 Å². The zero-order valence-corrected chi connectivity index (χ0v) is 15.3. The number of rotatable bonds is 5. The van der Waals surface area contributed by atoms with Crippen LogP contribution in [0.3, 0.4) is 0 Å². The number of aromatic nitrogens is 1. The number of halogens is 1. The molecule has 1 aromatic carbocycles. The second-order valence-electron chi connectivity index (χ2n) is 6.23. The molecule has 0 saturated carbocycles. The molecular formula is C19H20FNO7. The standard InChI is InChI=1S/C19H20FNO7/c1-26-18(24)16-14(12-8-11(23)13(9-22)28-12)15(20)17(19(25)27-2)21(16)10-6-4-3-5-7-10/h3-7,11-13,22-23H,8-9H2,1-2H3. The summed E-state index contributed by atoms with van der Waals surface area (Å²) in [6.45, 7) is -0.476. The Hall–Kier alpha value is -2.75. The first kappa shape index (κ1) is 20.0. The summed E-state index contributed by atoms with van der Waals surface area (Å²) in [7, 11) is 2.23. The lowest BCUT2D eigenvalue weighted by molar-refractivity contribution is -0.0236. The van der Waals surface area contributed by atoms with Crippen molar-refractivity contribution in [3.8, 4) is 5.69 Å². The Bertz CT molecular complexity index is 880. The third kappa shape index (κ3) is 3.28. The number of nitrogens with zero attached hydrogens (tertiary/aromatic N) is 1. The van der Waals surface area contributed by atoms with Crippen molar-refractivity contribution in [2.24, 2.45) is 0 Å².